The molecular weight excluding hydrogens is 452 g/mol. The Kier molecular flexibility index (Phi) is 6.29. The van der Waals surface area contributed by atoms with Crippen molar-refractivity contribution in [1.82, 2.24) is 9.97 Å². The Hall–Kier alpha value is -4.24. The van der Waals surface area contributed by atoms with Crippen LogP contribution in [0.15, 0.2) is 84.0 Å². The van der Waals surface area contributed by atoms with Gasteiger partial charge in [-0.15, -0.1) is 0 Å². The third-order valence-electron chi connectivity index (χ3n) is 5.20. The molecule has 1 heterocycles. The summed E-state index contributed by atoms with van der Waals surface area (Å²) < 4.78 is 27.9. The van der Waals surface area contributed by atoms with Crippen LogP contribution >= 0.6 is 0 Å². The number of hydrogen-bond acceptors (Lipinski definition) is 6. The van der Waals surface area contributed by atoms with Gasteiger partial charge < -0.3 is 10.4 Å². The zero-order chi connectivity index (χ0) is 24.3. The van der Waals surface area contributed by atoms with Gasteiger partial charge in [0.15, 0.2) is 5.82 Å². The summed E-state index contributed by atoms with van der Waals surface area (Å²) in [4.78, 5) is 21.0. The molecule has 0 saturated heterocycles. The minimum absolute atomic E-state index is 0.0427. The van der Waals surface area contributed by atoms with E-state index in [1.807, 2.05) is 19.9 Å². The molecule has 0 aliphatic rings. The highest BCUT2D eigenvalue weighted by atomic mass is 32.2. The Morgan fingerprint density at radius 2 is 1.56 bits per heavy atom. The van der Waals surface area contributed by atoms with Crippen molar-refractivity contribution in [3.05, 3.63) is 95.8 Å². The van der Waals surface area contributed by atoms with Gasteiger partial charge in [-0.2, -0.15) is 0 Å². The predicted molar refractivity (Wildman–Crippen MR) is 130 cm³/mol. The second-order valence-corrected chi connectivity index (χ2v) is 9.41. The van der Waals surface area contributed by atoms with E-state index in [2.05, 4.69) is 20.0 Å². The van der Waals surface area contributed by atoms with Gasteiger partial charge in [-0.3, -0.25) is 9.52 Å². The van der Waals surface area contributed by atoms with Crippen LogP contribution in [0.25, 0.3) is 11.4 Å². The van der Waals surface area contributed by atoms with Crippen molar-refractivity contribution in [3.63, 3.8) is 0 Å². The van der Waals surface area contributed by atoms with E-state index in [1.54, 1.807) is 30.3 Å². The summed E-state index contributed by atoms with van der Waals surface area (Å²) >= 11 is 0. The quantitative estimate of drug-likeness (QED) is 0.378. The smallest absolute Gasteiger partial charge is 0.261 e. The van der Waals surface area contributed by atoms with Gasteiger partial charge in [-0.1, -0.05) is 18.2 Å². The van der Waals surface area contributed by atoms with Gasteiger partial charge in [0.25, 0.3) is 15.9 Å². The van der Waals surface area contributed by atoms with Gasteiger partial charge in [-0.05, 0) is 73.5 Å². The van der Waals surface area contributed by atoms with Crippen LogP contribution < -0.4 is 10.0 Å². The second kappa shape index (κ2) is 9.32. The number of rotatable bonds is 6. The molecular formula is C25H22N4O4S. The van der Waals surface area contributed by atoms with Crippen LogP contribution in [-0.2, 0) is 10.0 Å². The maximum atomic E-state index is 12.7. The number of aromatic hydroxyl groups is 1. The first-order valence-electron chi connectivity index (χ1n) is 10.3. The molecule has 0 bridgehead atoms. The Morgan fingerprint density at radius 3 is 2.21 bits per heavy atom. The Bertz CT molecular complexity index is 1450. The molecule has 34 heavy (non-hydrogen) atoms. The number of benzene rings is 3. The van der Waals surface area contributed by atoms with E-state index in [4.69, 9.17) is 0 Å². The van der Waals surface area contributed by atoms with E-state index in [0.717, 1.165) is 11.1 Å². The molecule has 3 N–H and O–H groups in total. The van der Waals surface area contributed by atoms with Gasteiger partial charge in [0.2, 0.25) is 0 Å². The number of nitrogens with zero attached hydrogens (tertiary/aromatic N) is 2. The number of anilines is 2. The molecule has 0 fully saturated rings. The zero-order valence-electron chi connectivity index (χ0n) is 18.5. The molecule has 1 aromatic heterocycles. The molecule has 4 rings (SSSR count). The first-order valence-corrected chi connectivity index (χ1v) is 11.8. The number of aromatic nitrogens is 2. The highest BCUT2D eigenvalue weighted by molar-refractivity contribution is 7.92. The molecule has 4 aromatic rings. The molecule has 9 heteroatoms. The van der Waals surface area contributed by atoms with Crippen molar-refractivity contribution >= 4 is 27.3 Å². The monoisotopic (exact) mass is 474 g/mol. The first-order chi connectivity index (χ1) is 16.2. The molecule has 0 aliphatic carbocycles. The van der Waals surface area contributed by atoms with Crippen LogP contribution in [-0.4, -0.2) is 29.4 Å². The highest BCUT2D eigenvalue weighted by Gasteiger charge is 2.16. The molecule has 0 unspecified atom stereocenters. The number of carbonyl (C=O) groups excluding carboxylic acids is 1. The Labute approximate surface area is 197 Å². The minimum atomic E-state index is -3.80. The van der Waals surface area contributed by atoms with Gasteiger partial charge >= 0.3 is 0 Å². The number of phenols is 1. The Morgan fingerprint density at radius 1 is 0.853 bits per heavy atom. The molecule has 0 aliphatic heterocycles. The average Bonchev–Trinajstić information content (AvgIpc) is 2.82. The summed E-state index contributed by atoms with van der Waals surface area (Å²) in [6.45, 7) is 3.86. The zero-order valence-corrected chi connectivity index (χ0v) is 19.3. The summed E-state index contributed by atoms with van der Waals surface area (Å²) in [7, 11) is -3.80. The van der Waals surface area contributed by atoms with E-state index in [9.17, 15) is 18.3 Å². The molecule has 172 valence electrons. The molecule has 0 saturated carbocycles. The summed E-state index contributed by atoms with van der Waals surface area (Å²) in [5.41, 5.74) is 3.82. The van der Waals surface area contributed by atoms with Gasteiger partial charge in [0.05, 0.1) is 23.0 Å². The maximum Gasteiger partial charge on any atom is 0.261 e. The van der Waals surface area contributed by atoms with Crippen molar-refractivity contribution in [1.29, 1.82) is 0 Å². The third-order valence-corrected chi connectivity index (χ3v) is 6.60. The fourth-order valence-electron chi connectivity index (χ4n) is 3.19. The number of sulfonamides is 1. The normalized spacial score (nSPS) is 11.1. The Balaban J connectivity index is 1.44. The largest absolute Gasteiger partial charge is 0.508 e. The van der Waals surface area contributed by atoms with Crippen molar-refractivity contribution in [3.8, 4) is 17.1 Å². The summed E-state index contributed by atoms with van der Waals surface area (Å²) in [5.74, 6) is 0.0765. The highest BCUT2D eigenvalue weighted by Crippen LogP contribution is 2.21. The summed E-state index contributed by atoms with van der Waals surface area (Å²) in [5, 5.41) is 12.3. The fraction of sp³-hybridized carbons (Fsp3) is 0.0800. The number of amides is 1. The fourth-order valence-corrected chi connectivity index (χ4v) is 4.24. The van der Waals surface area contributed by atoms with E-state index in [0.29, 0.717) is 22.8 Å². The van der Waals surface area contributed by atoms with Crippen molar-refractivity contribution in [2.24, 2.45) is 0 Å². The number of phenolic OH excluding ortho intramolecular Hbond substituents is 1. The lowest BCUT2D eigenvalue weighted by atomic mass is 10.1. The molecule has 0 radical (unpaired) electrons. The van der Waals surface area contributed by atoms with E-state index in [-0.39, 0.29) is 16.2 Å². The number of aryl methyl sites for hydroxylation is 2. The second-order valence-electron chi connectivity index (χ2n) is 7.73. The molecule has 3 aromatic carbocycles. The van der Waals surface area contributed by atoms with Crippen LogP contribution in [0.1, 0.15) is 21.5 Å². The predicted octanol–water partition coefficient (Wildman–Crippen LogP) is 4.52. The lowest BCUT2D eigenvalue weighted by Gasteiger charge is -2.10. The van der Waals surface area contributed by atoms with Crippen molar-refractivity contribution in [2.75, 3.05) is 10.0 Å². The molecule has 0 spiro atoms. The first kappa shape index (κ1) is 22.9. The van der Waals surface area contributed by atoms with Gasteiger partial charge in [0.1, 0.15) is 5.75 Å². The van der Waals surface area contributed by atoms with Crippen LogP contribution in [0, 0.1) is 13.8 Å². The summed E-state index contributed by atoms with van der Waals surface area (Å²) in [6, 6.07) is 17.5. The number of hydrogen-bond donors (Lipinski definition) is 3. The number of nitrogens with one attached hydrogen (secondary N) is 2. The molecule has 1 amide bonds. The SMILES string of the molecule is Cc1ccc(NS(=O)(=O)c2ccc(C(=O)Nc3cnc(-c4cccc(O)c4)nc3)cc2)cc1C. The number of carbonyl (C=O) groups is 1. The molecule has 8 nitrogen and oxygen atoms in total. The van der Waals surface area contributed by atoms with Crippen LogP contribution in [0.3, 0.4) is 0 Å². The van der Waals surface area contributed by atoms with E-state index < -0.39 is 15.9 Å². The van der Waals surface area contributed by atoms with Crippen molar-refractivity contribution < 1.29 is 18.3 Å². The maximum absolute atomic E-state index is 12.7. The lowest BCUT2D eigenvalue weighted by molar-refractivity contribution is 0.102. The van der Waals surface area contributed by atoms with Crippen LogP contribution in [0.2, 0.25) is 0 Å². The van der Waals surface area contributed by atoms with Crippen LogP contribution in [0.4, 0.5) is 11.4 Å². The van der Waals surface area contributed by atoms with Gasteiger partial charge in [0, 0.05) is 16.8 Å². The van der Waals surface area contributed by atoms with E-state index in [1.165, 1.54) is 42.7 Å². The summed E-state index contributed by atoms with van der Waals surface area (Å²) in [6.07, 6.45) is 2.91. The van der Waals surface area contributed by atoms with E-state index >= 15 is 0 Å². The van der Waals surface area contributed by atoms with Crippen LogP contribution in [0.5, 0.6) is 5.75 Å². The average molecular weight is 475 g/mol. The van der Waals surface area contributed by atoms with Gasteiger partial charge in [-0.25, -0.2) is 18.4 Å². The third kappa shape index (κ3) is 5.21. The standard InChI is InChI=1S/C25H22N4O4S/c1-16-6-9-20(12-17(16)2)29-34(32,33)23-10-7-18(8-11-23)25(31)28-21-14-26-24(27-15-21)19-4-3-5-22(30)13-19/h3-15,29-30H,1-2H3,(H,28,31). The topological polar surface area (TPSA) is 121 Å². The molecule has 0 atom stereocenters. The lowest BCUT2D eigenvalue weighted by Crippen LogP contribution is -2.15. The van der Waals surface area contributed by atoms with Crippen molar-refractivity contribution in [2.45, 2.75) is 18.7 Å². The minimum Gasteiger partial charge on any atom is -0.508 e.